The van der Waals surface area contributed by atoms with Gasteiger partial charge in [-0.1, -0.05) is 23.7 Å². The smallest absolute Gasteiger partial charge is 0.337 e. The van der Waals surface area contributed by atoms with E-state index in [-0.39, 0.29) is 10.6 Å². The van der Waals surface area contributed by atoms with Crippen LogP contribution in [0.1, 0.15) is 10.4 Å². The van der Waals surface area contributed by atoms with E-state index in [0.29, 0.717) is 10.9 Å². The summed E-state index contributed by atoms with van der Waals surface area (Å²) in [5, 5.41) is 9.93. The van der Waals surface area contributed by atoms with Crippen LogP contribution in [0.2, 0.25) is 5.02 Å². The van der Waals surface area contributed by atoms with E-state index >= 15 is 0 Å². The normalized spacial score (nSPS) is 11.0. The highest BCUT2D eigenvalue weighted by atomic mass is 35.5. The van der Waals surface area contributed by atoms with Gasteiger partial charge in [0.25, 0.3) is 0 Å². The van der Waals surface area contributed by atoms with Gasteiger partial charge in [0.1, 0.15) is 5.82 Å². The van der Waals surface area contributed by atoms with E-state index in [0.717, 1.165) is 11.1 Å². The average molecular weight is 304 g/mol. The minimum absolute atomic E-state index is 0.0609. The van der Waals surface area contributed by atoms with Crippen LogP contribution in [-0.4, -0.2) is 15.6 Å². The molecule has 0 saturated heterocycles. The van der Waals surface area contributed by atoms with Crippen LogP contribution in [0, 0.1) is 5.82 Å². The highest BCUT2D eigenvalue weighted by Gasteiger charge is 2.14. The third kappa shape index (κ3) is 2.28. The fraction of sp³-hybridized carbons (Fsp3) is 0.0625. The molecule has 3 rings (SSSR count). The lowest BCUT2D eigenvalue weighted by molar-refractivity contribution is 0.0699. The zero-order chi connectivity index (χ0) is 15.1. The summed E-state index contributed by atoms with van der Waals surface area (Å²) < 4.78 is 15.3. The van der Waals surface area contributed by atoms with Crippen LogP contribution in [0.5, 0.6) is 0 Å². The van der Waals surface area contributed by atoms with Crippen LogP contribution in [0.25, 0.3) is 22.0 Å². The predicted molar refractivity (Wildman–Crippen MR) is 80.3 cm³/mol. The van der Waals surface area contributed by atoms with Crippen LogP contribution in [0.3, 0.4) is 0 Å². The zero-order valence-electron chi connectivity index (χ0n) is 11.1. The maximum Gasteiger partial charge on any atom is 0.337 e. The minimum atomic E-state index is -0.986. The summed E-state index contributed by atoms with van der Waals surface area (Å²) >= 11 is 5.68. The number of fused-ring (bicyclic) bond motifs is 1. The summed E-state index contributed by atoms with van der Waals surface area (Å²) in [6.07, 6.45) is 1.57. The van der Waals surface area contributed by atoms with Gasteiger partial charge in [-0.2, -0.15) is 0 Å². The zero-order valence-corrected chi connectivity index (χ0v) is 11.9. The monoisotopic (exact) mass is 303 g/mol. The Kier molecular flexibility index (Phi) is 3.18. The first-order chi connectivity index (χ1) is 9.97. The molecule has 0 unspecified atom stereocenters. The molecule has 3 aromatic rings. The number of carboxylic acid groups (broad SMARTS) is 1. The first kappa shape index (κ1) is 13.6. The number of nitrogens with zero attached hydrogens (tertiary/aromatic N) is 1. The second-order valence-corrected chi connectivity index (χ2v) is 5.23. The topological polar surface area (TPSA) is 42.2 Å². The second kappa shape index (κ2) is 4.90. The molecule has 0 aliphatic heterocycles. The van der Waals surface area contributed by atoms with Crippen LogP contribution in [-0.2, 0) is 7.05 Å². The molecule has 0 fully saturated rings. The van der Waals surface area contributed by atoms with E-state index in [2.05, 4.69) is 0 Å². The van der Waals surface area contributed by atoms with E-state index in [1.807, 2.05) is 12.1 Å². The first-order valence-electron chi connectivity index (χ1n) is 6.25. The van der Waals surface area contributed by atoms with E-state index in [1.165, 1.54) is 12.1 Å². The fourth-order valence-electron chi connectivity index (χ4n) is 2.42. The van der Waals surface area contributed by atoms with Gasteiger partial charge >= 0.3 is 5.97 Å². The van der Waals surface area contributed by atoms with Crippen molar-refractivity contribution in [2.24, 2.45) is 7.05 Å². The number of aryl methyl sites for hydroxylation is 1. The van der Waals surface area contributed by atoms with E-state index in [9.17, 15) is 14.3 Å². The molecule has 1 aromatic heterocycles. The van der Waals surface area contributed by atoms with E-state index in [1.54, 1.807) is 29.9 Å². The fourth-order valence-corrected chi connectivity index (χ4v) is 2.54. The van der Waals surface area contributed by atoms with Crippen LogP contribution in [0.15, 0.2) is 42.6 Å². The van der Waals surface area contributed by atoms with Crippen molar-refractivity contribution in [2.45, 2.75) is 0 Å². The highest BCUT2D eigenvalue weighted by Crippen LogP contribution is 2.29. The van der Waals surface area contributed by atoms with Gasteiger partial charge in [0.2, 0.25) is 0 Å². The highest BCUT2D eigenvalue weighted by molar-refractivity contribution is 6.30. The van der Waals surface area contributed by atoms with Crippen LogP contribution < -0.4 is 0 Å². The van der Waals surface area contributed by atoms with Gasteiger partial charge in [-0.15, -0.1) is 0 Å². The standard InChI is InChI=1S/C16H11ClFNO2/c1-19-8-12(16(20)21)11-6-9(3-5-15(11)19)10-2-4-13(17)14(18)7-10/h2-8H,1H3,(H,20,21). The molecule has 0 atom stereocenters. The first-order valence-corrected chi connectivity index (χ1v) is 6.63. The SMILES string of the molecule is Cn1cc(C(=O)O)c2cc(-c3ccc(Cl)c(F)c3)ccc21. The predicted octanol–water partition coefficient (Wildman–Crippen LogP) is 4.34. The summed E-state index contributed by atoms with van der Waals surface area (Å²) in [5.41, 5.74) is 2.43. The van der Waals surface area contributed by atoms with Crippen molar-refractivity contribution in [2.75, 3.05) is 0 Å². The number of hydrogen-bond donors (Lipinski definition) is 1. The summed E-state index contributed by atoms with van der Waals surface area (Å²) in [6, 6.07) is 9.93. The number of carbonyl (C=O) groups is 1. The lowest BCUT2D eigenvalue weighted by atomic mass is 10.0. The average Bonchev–Trinajstić information content (AvgIpc) is 2.79. The minimum Gasteiger partial charge on any atom is -0.478 e. The van der Waals surface area contributed by atoms with Gasteiger partial charge < -0.3 is 9.67 Å². The lowest BCUT2D eigenvalue weighted by Crippen LogP contribution is -1.94. The molecule has 5 heteroatoms. The van der Waals surface area contributed by atoms with Crippen molar-refractivity contribution in [3.05, 3.63) is 59.0 Å². The summed E-state index contributed by atoms with van der Waals surface area (Å²) in [5.74, 6) is -1.49. The number of benzene rings is 2. The van der Waals surface area contributed by atoms with E-state index in [4.69, 9.17) is 11.6 Å². The maximum atomic E-state index is 13.6. The molecule has 3 nitrogen and oxygen atoms in total. The van der Waals surface area contributed by atoms with Crippen molar-refractivity contribution in [3.63, 3.8) is 0 Å². The number of hydrogen-bond acceptors (Lipinski definition) is 1. The molecule has 0 amide bonds. The molecule has 1 N–H and O–H groups in total. The third-order valence-electron chi connectivity index (χ3n) is 3.47. The lowest BCUT2D eigenvalue weighted by Gasteiger charge is -2.04. The van der Waals surface area contributed by atoms with Crippen LogP contribution >= 0.6 is 11.6 Å². The third-order valence-corrected chi connectivity index (χ3v) is 3.78. The van der Waals surface area contributed by atoms with Crippen molar-refractivity contribution >= 4 is 28.5 Å². The van der Waals surface area contributed by atoms with Gasteiger partial charge in [0.15, 0.2) is 0 Å². The Morgan fingerprint density at radius 3 is 2.52 bits per heavy atom. The number of aromatic nitrogens is 1. The van der Waals surface area contributed by atoms with Crippen molar-refractivity contribution in [1.82, 2.24) is 4.57 Å². The van der Waals surface area contributed by atoms with Gasteiger partial charge in [-0.25, -0.2) is 9.18 Å². The van der Waals surface area contributed by atoms with Gasteiger partial charge in [-0.3, -0.25) is 0 Å². The Morgan fingerprint density at radius 2 is 1.86 bits per heavy atom. The van der Waals surface area contributed by atoms with Gasteiger partial charge in [0, 0.05) is 24.1 Å². The Hall–Kier alpha value is -2.33. The van der Waals surface area contributed by atoms with Crippen molar-refractivity contribution in [3.8, 4) is 11.1 Å². The quantitative estimate of drug-likeness (QED) is 0.765. The Bertz CT molecular complexity index is 870. The van der Waals surface area contributed by atoms with Gasteiger partial charge in [-0.05, 0) is 35.4 Å². The molecule has 1 heterocycles. The Balaban J connectivity index is 2.22. The summed E-state index contributed by atoms with van der Waals surface area (Å²) in [7, 11) is 1.79. The molecular weight excluding hydrogens is 293 g/mol. The summed E-state index contributed by atoms with van der Waals surface area (Å²) in [6.45, 7) is 0. The summed E-state index contributed by atoms with van der Waals surface area (Å²) in [4.78, 5) is 11.3. The van der Waals surface area contributed by atoms with Crippen LogP contribution in [0.4, 0.5) is 4.39 Å². The Morgan fingerprint density at radius 1 is 1.19 bits per heavy atom. The van der Waals surface area contributed by atoms with E-state index < -0.39 is 11.8 Å². The largest absolute Gasteiger partial charge is 0.478 e. The molecule has 0 radical (unpaired) electrons. The second-order valence-electron chi connectivity index (χ2n) is 4.82. The number of carboxylic acids is 1. The molecule has 0 aliphatic carbocycles. The van der Waals surface area contributed by atoms with Crippen molar-refractivity contribution in [1.29, 1.82) is 0 Å². The molecule has 0 saturated carbocycles. The van der Waals surface area contributed by atoms with Gasteiger partial charge in [0.05, 0.1) is 10.6 Å². The molecule has 0 bridgehead atoms. The molecule has 21 heavy (non-hydrogen) atoms. The molecular formula is C16H11ClFNO2. The molecule has 0 aliphatic rings. The number of halogens is 2. The maximum absolute atomic E-state index is 13.6. The molecule has 0 spiro atoms. The number of aromatic carboxylic acids is 1. The Labute approximate surface area is 125 Å². The molecule has 2 aromatic carbocycles. The molecule has 106 valence electrons. The van der Waals surface area contributed by atoms with Crippen molar-refractivity contribution < 1.29 is 14.3 Å². The number of rotatable bonds is 2.